The summed E-state index contributed by atoms with van der Waals surface area (Å²) in [6.07, 6.45) is 3.96. The molecule has 0 amide bonds. The highest BCUT2D eigenvalue weighted by Gasteiger charge is 2.14. The van der Waals surface area contributed by atoms with Crippen LogP contribution in [0.5, 0.6) is 5.75 Å². The molecule has 0 radical (unpaired) electrons. The number of methoxy groups -OCH3 is 1. The standard InChI is InChI=1S/C11H14ClN.C9H8FN3OS2/c12-11-3-1-9(2-4-11)10-5-7-13-8-6-10;1-14-8-3-2-6(4-7(8)10)15-13-9-11-5-12-16-9/h1-4,10,13H,5-8H2;2-5H,1H3,(H,11,12,13). The van der Waals surface area contributed by atoms with E-state index in [1.807, 2.05) is 12.1 Å². The molecule has 4 rings (SSSR count). The van der Waals surface area contributed by atoms with Crippen LogP contribution < -0.4 is 14.8 Å². The summed E-state index contributed by atoms with van der Waals surface area (Å²) in [6.45, 7) is 2.29. The van der Waals surface area contributed by atoms with Crippen LogP contribution in [-0.2, 0) is 0 Å². The van der Waals surface area contributed by atoms with Crippen LogP contribution in [-0.4, -0.2) is 29.6 Å². The van der Waals surface area contributed by atoms with Gasteiger partial charge in [0, 0.05) is 21.5 Å². The van der Waals surface area contributed by atoms with E-state index in [2.05, 4.69) is 31.5 Å². The first-order valence-corrected chi connectivity index (χ1v) is 11.1. The van der Waals surface area contributed by atoms with Gasteiger partial charge in [-0.2, -0.15) is 4.37 Å². The van der Waals surface area contributed by atoms with Crippen LogP contribution in [0.1, 0.15) is 24.3 Å². The van der Waals surface area contributed by atoms with Crippen molar-refractivity contribution in [3.63, 3.8) is 0 Å². The van der Waals surface area contributed by atoms with Gasteiger partial charge in [0.15, 0.2) is 11.6 Å². The molecule has 1 aromatic heterocycles. The number of hydrogen-bond donors (Lipinski definition) is 2. The maximum atomic E-state index is 13.3. The van der Waals surface area contributed by atoms with Crippen molar-refractivity contribution in [1.29, 1.82) is 0 Å². The van der Waals surface area contributed by atoms with E-state index in [0.717, 1.165) is 28.9 Å². The van der Waals surface area contributed by atoms with E-state index in [-0.39, 0.29) is 11.6 Å². The van der Waals surface area contributed by atoms with Crippen molar-refractivity contribution in [3.8, 4) is 5.75 Å². The second-order valence-electron chi connectivity index (χ2n) is 6.32. The Morgan fingerprint density at radius 2 is 1.97 bits per heavy atom. The lowest BCUT2D eigenvalue weighted by molar-refractivity contribution is 0.385. The molecule has 154 valence electrons. The largest absolute Gasteiger partial charge is 0.494 e. The average molecular weight is 453 g/mol. The van der Waals surface area contributed by atoms with Crippen molar-refractivity contribution in [2.45, 2.75) is 23.7 Å². The zero-order valence-corrected chi connectivity index (χ0v) is 18.3. The molecule has 1 fully saturated rings. The average Bonchev–Trinajstić information content (AvgIpc) is 3.28. The third-order valence-corrected chi connectivity index (χ3v) is 6.17. The van der Waals surface area contributed by atoms with Crippen molar-refractivity contribution in [3.05, 3.63) is 65.2 Å². The highest BCUT2D eigenvalue weighted by atomic mass is 35.5. The Morgan fingerprint density at radius 1 is 1.21 bits per heavy atom. The van der Waals surface area contributed by atoms with Crippen molar-refractivity contribution in [2.24, 2.45) is 0 Å². The van der Waals surface area contributed by atoms with Crippen LogP contribution in [0.25, 0.3) is 0 Å². The zero-order valence-electron chi connectivity index (χ0n) is 15.9. The van der Waals surface area contributed by atoms with E-state index >= 15 is 0 Å². The summed E-state index contributed by atoms with van der Waals surface area (Å²) in [5.74, 6) is 0.588. The molecule has 5 nitrogen and oxygen atoms in total. The molecule has 2 heterocycles. The van der Waals surface area contributed by atoms with Crippen LogP contribution in [0.3, 0.4) is 0 Å². The molecule has 9 heteroatoms. The summed E-state index contributed by atoms with van der Waals surface area (Å²) in [5, 5.41) is 4.88. The summed E-state index contributed by atoms with van der Waals surface area (Å²) >= 11 is 8.35. The van der Waals surface area contributed by atoms with E-state index in [4.69, 9.17) is 16.3 Å². The smallest absolute Gasteiger partial charge is 0.212 e. The summed E-state index contributed by atoms with van der Waals surface area (Å²) in [5.41, 5.74) is 1.44. The second kappa shape index (κ2) is 11.3. The van der Waals surface area contributed by atoms with E-state index in [9.17, 15) is 4.39 Å². The van der Waals surface area contributed by atoms with E-state index < -0.39 is 0 Å². The fourth-order valence-corrected chi connectivity index (χ4v) is 4.17. The molecule has 0 unspecified atom stereocenters. The Bertz CT molecular complexity index is 875. The lowest BCUT2D eigenvalue weighted by atomic mass is 9.90. The fraction of sp³-hybridized carbons (Fsp3) is 0.300. The Labute approximate surface area is 183 Å². The minimum atomic E-state index is -0.383. The number of hydrogen-bond acceptors (Lipinski definition) is 7. The summed E-state index contributed by atoms with van der Waals surface area (Å²) < 4.78 is 24.9. The number of aromatic nitrogens is 2. The van der Waals surface area contributed by atoms with Crippen molar-refractivity contribution in [1.82, 2.24) is 14.7 Å². The maximum absolute atomic E-state index is 13.3. The predicted octanol–water partition coefficient (Wildman–Crippen LogP) is 5.61. The number of piperidine rings is 1. The molecule has 0 saturated carbocycles. The SMILES string of the molecule is COc1ccc(SNc2ncns2)cc1F.Clc1ccc(C2CCNCC2)cc1. The minimum absolute atomic E-state index is 0.236. The van der Waals surface area contributed by atoms with Gasteiger partial charge in [-0.3, -0.25) is 0 Å². The number of halogens is 2. The monoisotopic (exact) mass is 452 g/mol. The first kappa shape index (κ1) is 21.8. The van der Waals surface area contributed by atoms with Gasteiger partial charge in [-0.15, -0.1) is 0 Å². The third-order valence-electron chi connectivity index (χ3n) is 4.42. The van der Waals surface area contributed by atoms with Gasteiger partial charge in [-0.25, -0.2) is 9.37 Å². The van der Waals surface area contributed by atoms with Crippen LogP contribution in [0.15, 0.2) is 53.7 Å². The van der Waals surface area contributed by atoms with E-state index in [1.54, 1.807) is 12.1 Å². The van der Waals surface area contributed by atoms with Crippen LogP contribution in [0.4, 0.5) is 9.52 Å². The maximum Gasteiger partial charge on any atom is 0.212 e. The lowest BCUT2D eigenvalue weighted by Crippen LogP contribution is -2.26. The number of benzene rings is 2. The van der Waals surface area contributed by atoms with E-state index in [1.165, 1.54) is 61.4 Å². The lowest BCUT2D eigenvalue weighted by Gasteiger charge is -2.22. The molecular weight excluding hydrogens is 431 g/mol. The van der Waals surface area contributed by atoms with Gasteiger partial charge in [0.1, 0.15) is 6.33 Å². The summed E-state index contributed by atoms with van der Waals surface area (Å²) in [6, 6.07) is 13.0. The Morgan fingerprint density at radius 3 is 2.59 bits per heavy atom. The molecule has 1 saturated heterocycles. The van der Waals surface area contributed by atoms with Gasteiger partial charge in [-0.1, -0.05) is 23.7 Å². The van der Waals surface area contributed by atoms with Gasteiger partial charge in [0.05, 0.1) is 7.11 Å². The van der Waals surface area contributed by atoms with E-state index in [0.29, 0.717) is 5.13 Å². The third kappa shape index (κ3) is 6.85. The number of ether oxygens (including phenoxy) is 1. The minimum Gasteiger partial charge on any atom is -0.494 e. The summed E-state index contributed by atoms with van der Waals surface area (Å²) in [4.78, 5) is 4.69. The molecule has 0 atom stereocenters. The second-order valence-corrected chi connectivity index (χ2v) is 8.42. The predicted molar refractivity (Wildman–Crippen MR) is 119 cm³/mol. The molecule has 2 N–H and O–H groups in total. The number of rotatable bonds is 5. The number of anilines is 1. The Balaban J connectivity index is 0.000000169. The topological polar surface area (TPSA) is 59.1 Å². The zero-order chi connectivity index (χ0) is 20.5. The number of nitrogens with zero attached hydrogens (tertiary/aromatic N) is 2. The first-order chi connectivity index (χ1) is 14.2. The first-order valence-electron chi connectivity index (χ1n) is 9.15. The molecular formula is C20H22ClFN4OS2. The molecule has 2 aromatic carbocycles. The van der Waals surface area contributed by atoms with Crippen LogP contribution in [0.2, 0.25) is 5.02 Å². The fourth-order valence-electron chi connectivity index (χ4n) is 2.92. The Hall–Kier alpha value is -1.87. The molecule has 0 bridgehead atoms. The molecule has 29 heavy (non-hydrogen) atoms. The molecule has 3 aromatic rings. The Kier molecular flexibility index (Phi) is 8.54. The molecule has 0 spiro atoms. The van der Waals surface area contributed by atoms with Crippen molar-refractivity contribution < 1.29 is 9.13 Å². The van der Waals surface area contributed by atoms with Crippen molar-refractivity contribution >= 4 is 40.2 Å². The highest BCUT2D eigenvalue weighted by Crippen LogP contribution is 2.27. The molecule has 1 aliphatic heterocycles. The van der Waals surface area contributed by atoms with Gasteiger partial charge < -0.3 is 14.8 Å². The van der Waals surface area contributed by atoms with Crippen LogP contribution in [0, 0.1) is 5.82 Å². The van der Waals surface area contributed by atoms with Crippen LogP contribution >= 0.6 is 35.1 Å². The highest BCUT2D eigenvalue weighted by molar-refractivity contribution is 8.00. The van der Waals surface area contributed by atoms with Gasteiger partial charge in [0.25, 0.3) is 0 Å². The molecule has 0 aliphatic carbocycles. The van der Waals surface area contributed by atoms with Gasteiger partial charge in [0.2, 0.25) is 5.13 Å². The normalized spacial score (nSPS) is 14.0. The van der Waals surface area contributed by atoms with Gasteiger partial charge in [-0.05, 0) is 79.7 Å². The summed E-state index contributed by atoms with van der Waals surface area (Å²) in [7, 11) is 1.44. The van der Waals surface area contributed by atoms with Gasteiger partial charge >= 0.3 is 0 Å². The number of nitrogens with one attached hydrogen (secondary N) is 2. The quantitative estimate of drug-likeness (QED) is 0.490. The molecule has 1 aliphatic rings. The van der Waals surface area contributed by atoms with Crippen molar-refractivity contribution in [2.75, 3.05) is 24.9 Å².